The van der Waals surface area contributed by atoms with E-state index in [4.69, 9.17) is 27.9 Å². The summed E-state index contributed by atoms with van der Waals surface area (Å²) in [5.74, 6) is -0.397. The Balaban J connectivity index is 2.69. The Bertz CT molecular complexity index is 932. The maximum absolute atomic E-state index is 12.1. The topological polar surface area (TPSA) is 80.8 Å². The van der Waals surface area contributed by atoms with Crippen molar-refractivity contribution in [2.45, 2.75) is 39.5 Å². The van der Waals surface area contributed by atoms with Crippen LogP contribution in [0.25, 0.3) is 11.3 Å². The molecule has 2 heterocycles. The molecule has 0 bridgehead atoms. The van der Waals surface area contributed by atoms with E-state index in [0.717, 1.165) is 5.01 Å². The minimum Gasteiger partial charge on any atom is -0.424 e. The van der Waals surface area contributed by atoms with E-state index in [1.54, 1.807) is 19.4 Å². The summed E-state index contributed by atoms with van der Waals surface area (Å²) in [6.07, 6.45) is 0.00496. The number of nitrogens with zero attached hydrogens (tertiary/aromatic N) is 4. The SMILES string of the molecule is Cc1nn(C)c(Cl)c1C(OC(=O)CCCl)=C(C#N)c1csc(C(C)(C)C)n1. The number of thiazole rings is 1. The monoisotopic (exact) mass is 426 g/mol. The molecule has 0 atom stereocenters. The van der Waals surface area contributed by atoms with Gasteiger partial charge in [0.25, 0.3) is 0 Å². The molecule has 0 saturated carbocycles. The number of halogens is 2. The van der Waals surface area contributed by atoms with Gasteiger partial charge in [0, 0.05) is 23.7 Å². The van der Waals surface area contributed by atoms with Crippen LogP contribution in [-0.2, 0) is 22.0 Å². The fraction of sp³-hybridized carbons (Fsp3) is 0.444. The molecule has 6 nitrogen and oxygen atoms in total. The Hall–Kier alpha value is -1.88. The molecule has 0 radical (unpaired) electrons. The second kappa shape index (κ2) is 8.42. The first-order valence-electron chi connectivity index (χ1n) is 8.17. The number of aryl methyl sites for hydroxylation is 2. The van der Waals surface area contributed by atoms with Gasteiger partial charge in [-0.1, -0.05) is 32.4 Å². The van der Waals surface area contributed by atoms with Gasteiger partial charge in [-0.2, -0.15) is 10.4 Å². The standard InChI is InChI=1S/C18H20Cl2N4O2S/c1-10-14(16(20)24(5)23-10)15(26-13(25)6-7-19)11(8-21)12-9-27-17(22-12)18(2,3)4/h9H,6-7H2,1-5H3. The van der Waals surface area contributed by atoms with E-state index < -0.39 is 5.97 Å². The molecule has 0 N–H and O–H groups in total. The number of ether oxygens (including phenoxy) is 1. The third-order valence-electron chi connectivity index (χ3n) is 3.63. The van der Waals surface area contributed by atoms with Gasteiger partial charge in [-0.15, -0.1) is 22.9 Å². The summed E-state index contributed by atoms with van der Waals surface area (Å²) in [6.45, 7) is 7.84. The molecule has 27 heavy (non-hydrogen) atoms. The summed E-state index contributed by atoms with van der Waals surface area (Å²) in [7, 11) is 1.67. The number of carbonyl (C=O) groups excluding carboxylic acids is 1. The van der Waals surface area contributed by atoms with Crippen molar-refractivity contribution in [2.24, 2.45) is 7.05 Å². The van der Waals surface area contributed by atoms with Crippen LogP contribution in [0, 0.1) is 18.3 Å². The fourth-order valence-electron chi connectivity index (χ4n) is 2.31. The van der Waals surface area contributed by atoms with Crippen LogP contribution in [0.5, 0.6) is 0 Å². The lowest BCUT2D eigenvalue weighted by molar-refractivity contribution is -0.136. The number of hydrogen-bond acceptors (Lipinski definition) is 6. The molecule has 0 fully saturated rings. The van der Waals surface area contributed by atoms with Crippen molar-refractivity contribution in [3.8, 4) is 6.07 Å². The van der Waals surface area contributed by atoms with E-state index in [9.17, 15) is 10.1 Å². The van der Waals surface area contributed by atoms with Crippen LogP contribution in [0.1, 0.15) is 49.2 Å². The second-order valence-electron chi connectivity index (χ2n) is 6.89. The Kier molecular flexibility index (Phi) is 6.68. The molecule has 0 aromatic carbocycles. The number of esters is 1. The molecule has 0 aliphatic rings. The van der Waals surface area contributed by atoms with E-state index in [1.807, 2.05) is 20.8 Å². The van der Waals surface area contributed by atoms with Crippen molar-refractivity contribution in [2.75, 3.05) is 5.88 Å². The van der Waals surface area contributed by atoms with Gasteiger partial charge in [0.15, 0.2) is 5.76 Å². The average molecular weight is 427 g/mol. The molecule has 2 aromatic rings. The molecule has 2 aromatic heterocycles. The van der Waals surface area contributed by atoms with Gasteiger partial charge in [-0.3, -0.25) is 9.48 Å². The number of alkyl halides is 1. The molecule has 0 unspecified atom stereocenters. The lowest BCUT2D eigenvalue weighted by Gasteiger charge is -2.14. The van der Waals surface area contributed by atoms with Gasteiger partial charge in [0.05, 0.1) is 28.4 Å². The maximum Gasteiger partial charge on any atom is 0.312 e. The van der Waals surface area contributed by atoms with Crippen LogP contribution in [0.15, 0.2) is 5.38 Å². The molecule has 0 saturated heterocycles. The molecule has 0 aliphatic carbocycles. The lowest BCUT2D eigenvalue weighted by Crippen LogP contribution is -2.11. The number of aromatic nitrogens is 3. The highest BCUT2D eigenvalue weighted by Crippen LogP contribution is 2.35. The molecule has 9 heteroatoms. The molecule has 2 rings (SSSR count). The van der Waals surface area contributed by atoms with Crippen LogP contribution >= 0.6 is 34.5 Å². The quantitative estimate of drug-likeness (QED) is 0.299. The summed E-state index contributed by atoms with van der Waals surface area (Å²) in [6, 6.07) is 2.11. The van der Waals surface area contributed by atoms with Gasteiger partial charge < -0.3 is 4.74 Å². The van der Waals surface area contributed by atoms with Crippen molar-refractivity contribution in [1.29, 1.82) is 5.26 Å². The number of rotatable bonds is 5. The first-order valence-corrected chi connectivity index (χ1v) is 9.96. The third-order valence-corrected chi connectivity index (χ3v) is 5.53. The van der Waals surface area contributed by atoms with E-state index in [-0.39, 0.29) is 34.2 Å². The molecular weight excluding hydrogens is 407 g/mol. The summed E-state index contributed by atoms with van der Waals surface area (Å²) in [4.78, 5) is 16.7. The number of nitriles is 1. The molecular formula is C18H20Cl2N4O2S. The molecule has 0 amide bonds. The van der Waals surface area contributed by atoms with Gasteiger partial charge in [0.2, 0.25) is 0 Å². The summed E-state index contributed by atoms with van der Waals surface area (Å²) < 4.78 is 6.97. The van der Waals surface area contributed by atoms with Crippen LogP contribution in [-0.4, -0.2) is 26.6 Å². The Labute approximate surface area is 172 Å². The van der Waals surface area contributed by atoms with E-state index in [0.29, 0.717) is 17.0 Å². The predicted molar refractivity (Wildman–Crippen MR) is 108 cm³/mol. The Morgan fingerprint density at radius 3 is 2.56 bits per heavy atom. The summed E-state index contributed by atoms with van der Waals surface area (Å²) >= 11 is 13.4. The van der Waals surface area contributed by atoms with Crippen molar-refractivity contribution < 1.29 is 9.53 Å². The van der Waals surface area contributed by atoms with Gasteiger partial charge in [-0.25, -0.2) is 4.98 Å². The van der Waals surface area contributed by atoms with Crippen LogP contribution in [0.4, 0.5) is 0 Å². The smallest absolute Gasteiger partial charge is 0.312 e. The van der Waals surface area contributed by atoms with Gasteiger partial charge in [-0.05, 0) is 6.92 Å². The van der Waals surface area contributed by atoms with Crippen molar-refractivity contribution in [3.05, 3.63) is 32.5 Å². The third kappa shape index (κ3) is 4.70. The van der Waals surface area contributed by atoms with E-state index in [1.165, 1.54) is 16.0 Å². The Morgan fingerprint density at radius 2 is 2.11 bits per heavy atom. The summed E-state index contributed by atoms with van der Waals surface area (Å²) in [5, 5.41) is 17.0. The van der Waals surface area contributed by atoms with Crippen LogP contribution in [0.3, 0.4) is 0 Å². The fourth-order valence-corrected chi connectivity index (χ4v) is 3.63. The molecule has 144 valence electrons. The van der Waals surface area contributed by atoms with Gasteiger partial charge in [0.1, 0.15) is 16.8 Å². The van der Waals surface area contributed by atoms with Crippen LogP contribution < -0.4 is 0 Å². The zero-order valence-corrected chi connectivity index (χ0v) is 18.1. The first kappa shape index (κ1) is 21.4. The number of allylic oxidation sites excluding steroid dienone is 1. The average Bonchev–Trinajstić information content (AvgIpc) is 3.13. The van der Waals surface area contributed by atoms with E-state index in [2.05, 4.69) is 16.2 Å². The Morgan fingerprint density at radius 1 is 1.44 bits per heavy atom. The van der Waals surface area contributed by atoms with Crippen LogP contribution in [0.2, 0.25) is 5.15 Å². The highest BCUT2D eigenvalue weighted by Gasteiger charge is 2.27. The van der Waals surface area contributed by atoms with Crippen molar-refractivity contribution in [1.82, 2.24) is 14.8 Å². The minimum atomic E-state index is -0.557. The molecule has 0 aliphatic heterocycles. The zero-order chi connectivity index (χ0) is 20.4. The van der Waals surface area contributed by atoms with E-state index >= 15 is 0 Å². The largest absolute Gasteiger partial charge is 0.424 e. The summed E-state index contributed by atoms with van der Waals surface area (Å²) in [5.41, 5.74) is 1.32. The normalized spacial score (nSPS) is 12.5. The zero-order valence-electron chi connectivity index (χ0n) is 15.8. The van der Waals surface area contributed by atoms with Crippen molar-refractivity contribution >= 4 is 51.8 Å². The second-order valence-corrected chi connectivity index (χ2v) is 8.49. The minimum absolute atomic E-state index is 0.00496. The highest BCUT2D eigenvalue weighted by atomic mass is 35.5. The van der Waals surface area contributed by atoms with Gasteiger partial charge >= 0.3 is 5.97 Å². The lowest BCUT2D eigenvalue weighted by atomic mass is 9.98. The van der Waals surface area contributed by atoms with Crippen molar-refractivity contribution in [3.63, 3.8) is 0 Å². The predicted octanol–water partition coefficient (Wildman–Crippen LogP) is 4.70. The highest BCUT2D eigenvalue weighted by molar-refractivity contribution is 7.10. The number of hydrogen-bond donors (Lipinski definition) is 0. The maximum atomic E-state index is 12.1. The first-order chi connectivity index (χ1) is 12.6. The molecule has 0 spiro atoms. The number of carbonyl (C=O) groups is 1.